The summed E-state index contributed by atoms with van der Waals surface area (Å²) in [6, 6.07) is 8.58. The minimum absolute atomic E-state index is 0.0903. The van der Waals surface area contributed by atoms with E-state index >= 15 is 0 Å². The lowest BCUT2D eigenvalue weighted by Gasteiger charge is -2.10. The predicted octanol–water partition coefficient (Wildman–Crippen LogP) is 4.09. The van der Waals surface area contributed by atoms with Gasteiger partial charge in [0.2, 0.25) is 10.0 Å². The van der Waals surface area contributed by atoms with Gasteiger partial charge >= 0.3 is 0 Å². The Morgan fingerprint density at radius 2 is 1.60 bits per heavy atom. The maximum absolute atomic E-state index is 11.2. The van der Waals surface area contributed by atoms with E-state index in [-0.39, 0.29) is 15.7 Å². The lowest BCUT2D eigenvalue weighted by molar-refractivity contribution is 0.482. The molecule has 2 aromatic carbocycles. The normalized spacial score (nSPS) is 11.4. The third kappa shape index (κ3) is 3.56. The molecule has 2 aromatic rings. The number of sulfonamides is 1. The van der Waals surface area contributed by atoms with Crippen molar-refractivity contribution in [3.8, 4) is 11.5 Å². The van der Waals surface area contributed by atoms with Gasteiger partial charge in [0.05, 0.1) is 14.9 Å². The fraction of sp³-hybridized carbons (Fsp3) is 0. The van der Waals surface area contributed by atoms with Crippen molar-refractivity contribution in [3.05, 3.63) is 51.5 Å². The van der Waals surface area contributed by atoms with E-state index < -0.39 is 10.0 Å². The summed E-state index contributed by atoms with van der Waals surface area (Å²) in [7, 11) is -3.82. The molecule has 2 N–H and O–H groups in total. The molecule has 0 aliphatic rings. The second-order valence-corrected chi connectivity index (χ2v) is 6.63. The molecule has 20 heavy (non-hydrogen) atoms. The van der Waals surface area contributed by atoms with Crippen LogP contribution in [0.15, 0.2) is 41.3 Å². The molecular weight excluding hydrogens is 345 g/mol. The molecule has 0 atom stereocenters. The zero-order valence-corrected chi connectivity index (χ0v) is 12.9. The molecule has 0 aliphatic heterocycles. The summed E-state index contributed by atoms with van der Waals surface area (Å²) in [4.78, 5) is -0.105. The van der Waals surface area contributed by atoms with Crippen molar-refractivity contribution in [3.63, 3.8) is 0 Å². The van der Waals surface area contributed by atoms with Gasteiger partial charge in [-0.15, -0.1) is 0 Å². The molecule has 0 unspecified atom stereocenters. The Labute approximate surface area is 131 Å². The van der Waals surface area contributed by atoms with Crippen LogP contribution in [-0.4, -0.2) is 8.42 Å². The van der Waals surface area contributed by atoms with Crippen molar-refractivity contribution in [2.75, 3.05) is 0 Å². The fourth-order valence-electron chi connectivity index (χ4n) is 1.42. The van der Waals surface area contributed by atoms with Crippen LogP contribution in [0.1, 0.15) is 0 Å². The van der Waals surface area contributed by atoms with Gasteiger partial charge in [-0.05, 0) is 30.3 Å². The molecule has 0 saturated carbocycles. The van der Waals surface area contributed by atoms with Gasteiger partial charge in [0, 0.05) is 11.1 Å². The first kappa shape index (κ1) is 15.4. The van der Waals surface area contributed by atoms with Crippen molar-refractivity contribution in [1.29, 1.82) is 0 Å². The number of benzene rings is 2. The number of hydrogen-bond acceptors (Lipinski definition) is 3. The van der Waals surface area contributed by atoms with E-state index in [1.165, 1.54) is 24.3 Å². The van der Waals surface area contributed by atoms with Crippen molar-refractivity contribution >= 4 is 44.8 Å². The van der Waals surface area contributed by atoms with E-state index in [4.69, 9.17) is 44.7 Å². The number of primary sulfonamides is 1. The van der Waals surface area contributed by atoms with Crippen molar-refractivity contribution in [2.45, 2.75) is 4.90 Å². The summed E-state index contributed by atoms with van der Waals surface area (Å²) in [6.45, 7) is 0. The second kappa shape index (κ2) is 5.79. The van der Waals surface area contributed by atoms with Crippen LogP contribution in [-0.2, 0) is 10.0 Å². The third-order valence-corrected chi connectivity index (χ3v) is 4.10. The molecule has 0 heterocycles. The molecule has 0 fully saturated rings. The van der Waals surface area contributed by atoms with Gasteiger partial charge in [0.1, 0.15) is 11.5 Å². The maximum Gasteiger partial charge on any atom is 0.238 e. The molecule has 0 amide bonds. The highest BCUT2D eigenvalue weighted by Crippen LogP contribution is 2.35. The number of ether oxygens (including phenoxy) is 1. The molecule has 106 valence electrons. The fourth-order valence-corrected chi connectivity index (χ4v) is 2.56. The maximum atomic E-state index is 11.2. The average Bonchev–Trinajstić information content (AvgIpc) is 2.35. The lowest BCUT2D eigenvalue weighted by Crippen LogP contribution is -2.11. The zero-order chi connectivity index (χ0) is 14.9. The summed E-state index contributed by atoms with van der Waals surface area (Å²) in [5.74, 6) is 0.549. The lowest BCUT2D eigenvalue weighted by atomic mass is 10.3. The van der Waals surface area contributed by atoms with Crippen LogP contribution in [0, 0.1) is 0 Å². The standard InChI is InChI=1S/C12H8Cl3NO3S/c13-7-1-3-9(14)12(5-7)19-11-4-2-8(6-10(11)15)20(16,17)18/h1-6H,(H2,16,17,18). The van der Waals surface area contributed by atoms with E-state index in [9.17, 15) is 8.42 Å². The summed E-state index contributed by atoms with van der Waals surface area (Å²) in [5, 5.41) is 5.89. The van der Waals surface area contributed by atoms with Gasteiger partial charge in [-0.25, -0.2) is 13.6 Å². The highest BCUT2D eigenvalue weighted by Gasteiger charge is 2.13. The van der Waals surface area contributed by atoms with Gasteiger partial charge in [0.25, 0.3) is 0 Å². The van der Waals surface area contributed by atoms with Crippen molar-refractivity contribution in [1.82, 2.24) is 0 Å². The van der Waals surface area contributed by atoms with Gasteiger partial charge in [0.15, 0.2) is 0 Å². The van der Waals surface area contributed by atoms with Crippen LogP contribution in [0.2, 0.25) is 15.1 Å². The molecule has 2 rings (SSSR count). The smallest absolute Gasteiger partial charge is 0.238 e. The Kier molecular flexibility index (Phi) is 4.46. The predicted molar refractivity (Wildman–Crippen MR) is 79.4 cm³/mol. The van der Waals surface area contributed by atoms with E-state index in [0.717, 1.165) is 0 Å². The minimum atomic E-state index is -3.82. The van der Waals surface area contributed by atoms with Gasteiger partial charge in [-0.2, -0.15) is 0 Å². The minimum Gasteiger partial charge on any atom is -0.454 e. The van der Waals surface area contributed by atoms with E-state index in [1.54, 1.807) is 12.1 Å². The van der Waals surface area contributed by atoms with Crippen molar-refractivity contribution < 1.29 is 13.2 Å². The highest BCUT2D eigenvalue weighted by atomic mass is 35.5. The summed E-state index contributed by atoms with van der Waals surface area (Å²) < 4.78 is 27.9. The summed E-state index contributed by atoms with van der Waals surface area (Å²) >= 11 is 17.8. The quantitative estimate of drug-likeness (QED) is 0.904. The van der Waals surface area contributed by atoms with E-state index in [2.05, 4.69) is 0 Å². The van der Waals surface area contributed by atoms with Gasteiger partial charge in [-0.1, -0.05) is 34.8 Å². The van der Waals surface area contributed by atoms with E-state index in [0.29, 0.717) is 15.8 Å². The van der Waals surface area contributed by atoms with Gasteiger partial charge in [-0.3, -0.25) is 0 Å². The third-order valence-electron chi connectivity index (χ3n) is 2.35. The van der Waals surface area contributed by atoms with Crippen LogP contribution in [0.25, 0.3) is 0 Å². The first-order chi connectivity index (χ1) is 9.27. The van der Waals surface area contributed by atoms with Gasteiger partial charge < -0.3 is 4.74 Å². The highest BCUT2D eigenvalue weighted by molar-refractivity contribution is 7.89. The van der Waals surface area contributed by atoms with E-state index in [1.807, 2.05) is 0 Å². The number of hydrogen-bond donors (Lipinski definition) is 1. The SMILES string of the molecule is NS(=O)(=O)c1ccc(Oc2cc(Cl)ccc2Cl)c(Cl)c1. The number of halogens is 3. The van der Waals surface area contributed by atoms with Crippen LogP contribution in [0.4, 0.5) is 0 Å². The first-order valence-electron chi connectivity index (χ1n) is 5.22. The van der Waals surface area contributed by atoms with Crippen molar-refractivity contribution in [2.24, 2.45) is 5.14 Å². The molecule has 0 bridgehead atoms. The Bertz CT molecular complexity index is 763. The molecule has 0 spiro atoms. The van der Waals surface area contributed by atoms with Crippen LogP contribution >= 0.6 is 34.8 Å². The molecular formula is C12H8Cl3NO3S. The second-order valence-electron chi connectivity index (χ2n) is 3.81. The Morgan fingerprint density at radius 3 is 2.20 bits per heavy atom. The molecule has 0 aliphatic carbocycles. The van der Waals surface area contributed by atoms with Crippen LogP contribution in [0.5, 0.6) is 11.5 Å². The van der Waals surface area contributed by atoms with Crippen LogP contribution in [0.3, 0.4) is 0 Å². The average molecular weight is 353 g/mol. The molecule has 0 saturated heterocycles. The molecule has 4 nitrogen and oxygen atoms in total. The Balaban J connectivity index is 2.38. The topological polar surface area (TPSA) is 69.4 Å². The monoisotopic (exact) mass is 351 g/mol. The Hall–Kier alpha value is -0.980. The molecule has 0 aromatic heterocycles. The zero-order valence-electron chi connectivity index (χ0n) is 9.81. The first-order valence-corrected chi connectivity index (χ1v) is 7.90. The Morgan fingerprint density at radius 1 is 0.900 bits per heavy atom. The molecule has 8 heteroatoms. The largest absolute Gasteiger partial charge is 0.454 e. The number of rotatable bonds is 3. The van der Waals surface area contributed by atoms with Crippen LogP contribution < -0.4 is 9.88 Å². The number of nitrogens with two attached hydrogens (primary N) is 1. The summed E-state index contributed by atoms with van der Waals surface area (Å²) in [6.07, 6.45) is 0. The molecule has 0 radical (unpaired) electrons. The summed E-state index contributed by atoms with van der Waals surface area (Å²) in [5.41, 5.74) is 0.